The number of aliphatic hydroxyl groups excluding tert-OH is 1. The lowest BCUT2D eigenvalue weighted by molar-refractivity contribution is -0.127. The molecule has 122 valence electrons. The van der Waals surface area contributed by atoms with Crippen LogP contribution in [0.25, 0.3) is 0 Å². The summed E-state index contributed by atoms with van der Waals surface area (Å²) in [6, 6.07) is 8.30. The summed E-state index contributed by atoms with van der Waals surface area (Å²) in [6.07, 6.45) is 1.18. The van der Waals surface area contributed by atoms with Crippen LogP contribution in [0.15, 0.2) is 24.3 Å². The summed E-state index contributed by atoms with van der Waals surface area (Å²) in [4.78, 5) is 14.7. The number of carbonyl (C=O) groups is 1. The molecule has 2 rings (SSSR count). The largest absolute Gasteiger partial charge is 0.387 e. The van der Waals surface area contributed by atoms with Crippen LogP contribution < -0.4 is 5.32 Å². The van der Waals surface area contributed by atoms with Crippen molar-refractivity contribution in [3.8, 4) is 0 Å². The number of piperidine rings is 1. The third kappa shape index (κ3) is 4.31. The van der Waals surface area contributed by atoms with Gasteiger partial charge < -0.3 is 15.3 Å². The third-order valence-electron chi connectivity index (χ3n) is 4.65. The molecule has 0 radical (unpaired) electrons. The Morgan fingerprint density at radius 1 is 1.32 bits per heavy atom. The van der Waals surface area contributed by atoms with Crippen LogP contribution >= 0.6 is 0 Å². The van der Waals surface area contributed by atoms with Gasteiger partial charge >= 0.3 is 0 Å². The zero-order chi connectivity index (χ0) is 16.1. The molecule has 1 aromatic carbocycles. The number of amides is 1. The number of carbonyl (C=O) groups excluding carboxylic acids is 1. The van der Waals surface area contributed by atoms with E-state index in [1.807, 2.05) is 31.2 Å². The second kappa shape index (κ2) is 7.75. The number of aliphatic hydroxyl groups is 1. The van der Waals surface area contributed by atoms with E-state index in [2.05, 4.69) is 24.1 Å². The molecule has 1 unspecified atom stereocenters. The van der Waals surface area contributed by atoms with Crippen LogP contribution in [-0.4, -0.2) is 41.6 Å². The molecule has 0 bridgehead atoms. The molecule has 1 aromatic rings. The van der Waals surface area contributed by atoms with Crippen molar-refractivity contribution in [3.63, 3.8) is 0 Å². The van der Waals surface area contributed by atoms with Gasteiger partial charge in [-0.1, -0.05) is 24.3 Å². The SMILES string of the molecule is Cc1ccccc1C(O)CNC(=O)C1CCN(C(C)C)CC1. The highest BCUT2D eigenvalue weighted by Crippen LogP contribution is 2.20. The number of likely N-dealkylation sites (tertiary alicyclic amines) is 1. The molecule has 2 N–H and O–H groups in total. The molecular weight excluding hydrogens is 276 g/mol. The van der Waals surface area contributed by atoms with Crippen molar-refractivity contribution in [3.05, 3.63) is 35.4 Å². The number of hydrogen-bond donors (Lipinski definition) is 2. The monoisotopic (exact) mass is 304 g/mol. The Balaban J connectivity index is 1.80. The standard InChI is InChI=1S/C18H28N2O2/c1-13(2)20-10-8-15(9-11-20)18(22)19-12-17(21)16-7-5-4-6-14(16)3/h4-7,13,15,17,21H,8-12H2,1-3H3,(H,19,22). The van der Waals surface area contributed by atoms with Gasteiger partial charge in [0.1, 0.15) is 0 Å². The minimum atomic E-state index is -0.638. The molecule has 1 atom stereocenters. The Morgan fingerprint density at radius 2 is 1.95 bits per heavy atom. The zero-order valence-electron chi connectivity index (χ0n) is 13.9. The first-order chi connectivity index (χ1) is 10.5. The highest BCUT2D eigenvalue weighted by molar-refractivity contribution is 5.78. The number of nitrogens with one attached hydrogen (secondary N) is 1. The number of nitrogens with zero attached hydrogens (tertiary/aromatic N) is 1. The first kappa shape index (κ1) is 17.0. The second-order valence-corrected chi connectivity index (χ2v) is 6.52. The highest BCUT2D eigenvalue weighted by Gasteiger charge is 2.26. The van der Waals surface area contributed by atoms with Gasteiger partial charge in [-0.3, -0.25) is 4.79 Å². The lowest BCUT2D eigenvalue weighted by atomic mass is 9.95. The van der Waals surface area contributed by atoms with Crippen molar-refractivity contribution in [2.75, 3.05) is 19.6 Å². The normalized spacial score (nSPS) is 18.4. The Hall–Kier alpha value is -1.39. The van der Waals surface area contributed by atoms with Gasteiger partial charge in [-0.25, -0.2) is 0 Å². The quantitative estimate of drug-likeness (QED) is 0.877. The first-order valence-corrected chi connectivity index (χ1v) is 8.24. The van der Waals surface area contributed by atoms with Gasteiger partial charge in [-0.15, -0.1) is 0 Å². The van der Waals surface area contributed by atoms with E-state index in [0.29, 0.717) is 6.04 Å². The molecule has 0 saturated carbocycles. The summed E-state index contributed by atoms with van der Waals surface area (Å²) in [6.45, 7) is 8.61. The van der Waals surface area contributed by atoms with Gasteiger partial charge in [0.2, 0.25) is 5.91 Å². The molecular formula is C18H28N2O2. The molecule has 1 amide bonds. The topological polar surface area (TPSA) is 52.6 Å². The fraction of sp³-hybridized carbons (Fsp3) is 0.611. The van der Waals surface area contributed by atoms with E-state index in [1.165, 1.54) is 0 Å². The molecule has 4 nitrogen and oxygen atoms in total. The van der Waals surface area contributed by atoms with Crippen LogP contribution in [0, 0.1) is 12.8 Å². The van der Waals surface area contributed by atoms with Crippen molar-refractivity contribution in [2.24, 2.45) is 5.92 Å². The summed E-state index contributed by atoms with van der Waals surface area (Å²) in [5.41, 5.74) is 1.94. The van der Waals surface area contributed by atoms with E-state index in [1.54, 1.807) is 0 Å². The Bertz CT molecular complexity index is 494. The smallest absolute Gasteiger partial charge is 0.223 e. The maximum absolute atomic E-state index is 12.3. The average Bonchev–Trinajstić information content (AvgIpc) is 2.52. The van der Waals surface area contributed by atoms with Crippen molar-refractivity contribution in [1.29, 1.82) is 0 Å². The second-order valence-electron chi connectivity index (χ2n) is 6.52. The molecule has 0 spiro atoms. The van der Waals surface area contributed by atoms with Gasteiger partial charge in [0, 0.05) is 18.5 Å². The van der Waals surface area contributed by atoms with Crippen molar-refractivity contribution < 1.29 is 9.90 Å². The fourth-order valence-corrected chi connectivity index (χ4v) is 3.09. The summed E-state index contributed by atoms with van der Waals surface area (Å²) in [5.74, 6) is 0.162. The van der Waals surface area contributed by atoms with Crippen molar-refractivity contribution in [2.45, 2.75) is 45.8 Å². The van der Waals surface area contributed by atoms with Crippen molar-refractivity contribution in [1.82, 2.24) is 10.2 Å². The zero-order valence-corrected chi connectivity index (χ0v) is 13.9. The van der Waals surface area contributed by atoms with E-state index in [9.17, 15) is 9.90 Å². The molecule has 0 aromatic heterocycles. The lowest BCUT2D eigenvalue weighted by Crippen LogP contribution is -2.43. The van der Waals surface area contributed by atoms with Gasteiger partial charge in [-0.05, 0) is 57.8 Å². The number of aryl methyl sites for hydroxylation is 1. The average molecular weight is 304 g/mol. The van der Waals surface area contributed by atoms with Gasteiger partial charge in [0.15, 0.2) is 0 Å². The van der Waals surface area contributed by atoms with E-state index in [4.69, 9.17) is 0 Å². The summed E-state index contributed by atoms with van der Waals surface area (Å²) >= 11 is 0. The molecule has 1 saturated heterocycles. The highest BCUT2D eigenvalue weighted by atomic mass is 16.3. The van der Waals surface area contributed by atoms with Crippen LogP contribution in [-0.2, 0) is 4.79 Å². The van der Waals surface area contributed by atoms with Crippen LogP contribution in [0.5, 0.6) is 0 Å². The fourth-order valence-electron chi connectivity index (χ4n) is 3.09. The lowest BCUT2D eigenvalue weighted by Gasteiger charge is -2.34. The van der Waals surface area contributed by atoms with Crippen LogP contribution in [0.3, 0.4) is 0 Å². The summed E-state index contributed by atoms with van der Waals surface area (Å²) < 4.78 is 0. The van der Waals surface area contributed by atoms with Crippen LogP contribution in [0.2, 0.25) is 0 Å². The maximum atomic E-state index is 12.3. The van der Waals surface area contributed by atoms with Gasteiger partial charge in [0.05, 0.1) is 6.10 Å². The van der Waals surface area contributed by atoms with Gasteiger partial charge in [0.25, 0.3) is 0 Å². The minimum Gasteiger partial charge on any atom is -0.387 e. The molecule has 22 heavy (non-hydrogen) atoms. The summed E-state index contributed by atoms with van der Waals surface area (Å²) in [7, 11) is 0. The number of hydrogen-bond acceptors (Lipinski definition) is 3. The van der Waals surface area contributed by atoms with Gasteiger partial charge in [-0.2, -0.15) is 0 Å². The van der Waals surface area contributed by atoms with E-state index in [0.717, 1.165) is 37.1 Å². The maximum Gasteiger partial charge on any atom is 0.223 e. The Morgan fingerprint density at radius 3 is 2.55 bits per heavy atom. The Kier molecular flexibility index (Phi) is 5.98. The van der Waals surface area contributed by atoms with Crippen molar-refractivity contribution >= 4 is 5.91 Å². The first-order valence-electron chi connectivity index (χ1n) is 8.24. The number of benzene rings is 1. The van der Waals surface area contributed by atoms with Crippen LogP contribution in [0.4, 0.5) is 0 Å². The molecule has 1 aliphatic rings. The molecule has 0 aliphatic carbocycles. The van der Waals surface area contributed by atoms with Crippen LogP contribution in [0.1, 0.15) is 43.9 Å². The summed E-state index contributed by atoms with van der Waals surface area (Å²) in [5, 5.41) is 13.2. The number of rotatable bonds is 5. The Labute approximate surface area is 133 Å². The van der Waals surface area contributed by atoms with E-state index in [-0.39, 0.29) is 18.4 Å². The predicted octanol–water partition coefficient (Wildman–Crippen LogP) is 2.27. The minimum absolute atomic E-state index is 0.0797. The molecule has 4 heteroatoms. The van der Waals surface area contributed by atoms with E-state index >= 15 is 0 Å². The third-order valence-corrected chi connectivity index (χ3v) is 4.65. The molecule has 1 heterocycles. The predicted molar refractivity (Wildman–Crippen MR) is 88.6 cm³/mol. The molecule has 1 aliphatic heterocycles. The molecule has 1 fully saturated rings. The van der Waals surface area contributed by atoms with E-state index < -0.39 is 6.10 Å².